The summed E-state index contributed by atoms with van der Waals surface area (Å²) in [5, 5.41) is 1.44. The van der Waals surface area contributed by atoms with Crippen LogP contribution in [0.15, 0.2) is 30.3 Å². The molecule has 1 unspecified atom stereocenters. The molecule has 0 aliphatic heterocycles. The summed E-state index contributed by atoms with van der Waals surface area (Å²) in [6.07, 6.45) is 0. The number of hydrogen-bond acceptors (Lipinski definition) is 8. The van der Waals surface area contributed by atoms with Crippen LogP contribution in [0, 0.1) is 0 Å². The van der Waals surface area contributed by atoms with Gasteiger partial charge in [0.05, 0.1) is 0 Å². The van der Waals surface area contributed by atoms with Crippen molar-refractivity contribution < 1.29 is 38.5 Å². The first-order valence-electron chi connectivity index (χ1n) is 4.12. The number of hydrogen-bond donors (Lipinski definition) is 0. The van der Waals surface area contributed by atoms with Crippen LogP contribution in [0.4, 0.5) is 0 Å². The van der Waals surface area contributed by atoms with Crippen molar-refractivity contribution in [2.45, 2.75) is 0 Å². The Hall–Kier alpha value is 2.17. The summed E-state index contributed by atoms with van der Waals surface area (Å²) in [5.41, 5.74) is 0. The normalized spacial score (nSPS) is 9.67. The van der Waals surface area contributed by atoms with Crippen LogP contribution in [0.1, 0.15) is 0 Å². The first-order valence-corrected chi connectivity index (χ1v) is 8.54. The minimum atomic E-state index is -5.39. The fourth-order valence-corrected chi connectivity index (χ4v) is 1.13. The molecular weight excluding hydrogens is 378 g/mol. The fourth-order valence-electron chi connectivity index (χ4n) is 0.605. The topological polar surface area (TPSA) is 172 Å². The molecule has 14 heteroatoms. The maximum Gasteiger partial charge on any atom is 2.00 e. The zero-order chi connectivity index (χ0) is 14.8. The molecule has 1 aromatic rings. The van der Waals surface area contributed by atoms with Crippen LogP contribution >= 0.6 is 24.2 Å². The summed E-state index contributed by atoms with van der Waals surface area (Å²) in [4.78, 5) is 51.3. The van der Waals surface area contributed by atoms with Crippen molar-refractivity contribution in [2.75, 3.05) is 6.66 Å². The van der Waals surface area contributed by atoms with E-state index in [2.05, 4.69) is 30.9 Å². The van der Waals surface area contributed by atoms with Gasteiger partial charge >= 0.3 is 69.2 Å². The Morgan fingerprint density at radius 2 is 1.00 bits per heavy atom. The minimum absolute atomic E-state index is 0. The average Bonchev–Trinajstić information content (AvgIpc) is 2.14. The van der Waals surface area contributed by atoms with E-state index in [0.29, 0.717) is 0 Å². The van der Waals surface area contributed by atoms with Gasteiger partial charge in [-0.1, -0.05) is 38.9 Å². The Labute approximate surface area is 172 Å². The maximum atomic E-state index is 8.55. The molecule has 106 valence electrons. The summed E-state index contributed by atoms with van der Waals surface area (Å²) in [5.74, 6) is 0. The fraction of sp³-hybridized carbons (Fsp3) is 0.143. The molecule has 1 rings (SSSR count). The van der Waals surface area contributed by atoms with Crippen molar-refractivity contribution in [1.29, 1.82) is 0 Å². The number of benzene rings is 1. The van der Waals surface area contributed by atoms with Crippen LogP contribution in [0.5, 0.6) is 0 Å². The molecular formula is C7H9Mg3O8P3. The van der Waals surface area contributed by atoms with Crippen molar-refractivity contribution in [2.24, 2.45) is 0 Å². The molecule has 0 bridgehead atoms. The molecule has 0 aliphatic rings. The van der Waals surface area contributed by atoms with E-state index in [1.165, 1.54) is 5.30 Å². The molecule has 0 heterocycles. The smallest absolute Gasteiger partial charge is 0.822 e. The summed E-state index contributed by atoms with van der Waals surface area (Å²) < 4.78 is 17.1. The molecule has 8 nitrogen and oxygen atoms in total. The Kier molecular flexibility index (Phi) is 30.4. The van der Waals surface area contributed by atoms with E-state index < -0.39 is 15.6 Å². The van der Waals surface area contributed by atoms with Gasteiger partial charge in [-0.05, 0) is 12.0 Å². The molecule has 0 aromatic heterocycles. The minimum Gasteiger partial charge on any atom is -0.822 e. The second-order valence-corrected chi connectivity index (χ2v) is 5.38. The van der Waals surface area contributed by atoms with Gasteiger partial charge in [-0.3, -0.25) is 0 Å². The Morgan fingerprint density at radius 3 is 1.14 bits per heavy atom. The summed E-state index contributed by atoms with van der Waals surface area (Å²) in [7, 11) is -9.85. The summed E-state index contributed by atoms with van der Waals surface area (Å²) >= 11 is 0. The van der Waals surface area contributed by atoms with Crippen LogP contribution in [0.2, 0.25) is 0 Å². The second kappa shape index (κ2) is 18.5. The molecule has 0 aliphatic carbocycles. The second-order valence-electron chi connectivity index (χ2n) is 2.51. The first-order chi connectivity index (χ1) is 7.93. The quantitative estimate of drug-likeness (QED) is 0.340. The van der Waals surface area contributed by atoms with Crippen LogP contribution in [-0.4, -0.2) is 75.8 Å². The molecule has 1 atom stereocenters. The molecule has 0 amide bonds. The maximum absolute atomic E-state index is 8.55. The van der Waals surface area contributed by atoms with Gasteiger partial charge in [-0.25, -0.2) is 0 Å². The van der Waals surface area contributed by atoms with Crippen LogP contribution < -0.4 is 34.7 Å². The van der Waals surface area contributed by atoms with E-state index in [9.17, 15) is 0 Å². The zero-order valence-electron chi connectivity index (χ0n) is 11.2. The predicted molar refractivity (Wildman–Crippen MR) is 72.8 cm³/mol. The SMILES string of the molecule is CPc1ccccc1.O=P([O-])([O-])[O-].O=P([O-])([O-])[O-].[Mg+2].[Mg+2].[Mg+2]. The van der Waals surface area contributed by atoms with Crippen LogP contribution in [0.25, 0.3) is 0 Å². The third-order valence-electron chi connectivity index (χ3n) is 1.06. The summed E-state index contributed by atoms with van der Waals surface area (Å²) in [6.45, 7) is 2.19. The molecule has 0 saturated carbocycles. The van der Waals surface area contributed by atoms with E-state index in [-0.39, 0.29) is 69.2 Å². The van der Waals surface area contributed by atoms with Gasteiger partial charge in [0.25, 0.3) is 0 Å². The van der Waals surface area contributed by atoms with Gasteiger partial charge < -0.3 is 38.5 Å². The molecule has 0 radical (unpaired) electrons. The van der Waals surface area contributed by atoms with Crippen molar-refractivity contribution in [3.05, 3.63) is 30.3 Å². The van der Waals surface area contributed by atoms with Crippen molar-refractivity contribution in [1.82, 2.24) is 0 Å². The third-order valence-corrected chi connectivity index (χ3v) is 1.97. The van der Waals surface area contributed by atoms with Gasteiger partial charge in [0, 0.05) is 0 Å². The first kappa shape index (κ1) is 34.5. The molecule has 1 aromatic carbocycles. The summed E-state index contributed by atoms with van der Waals surface area (Å²) in [6, 6.07) is 10.5. The molecule has 0 N–H and O–H groups in total. The monoisotopic (exact) mass is 386 g/mol. The molecule has 0 fully saturated rings. The largest absolute Gasteiger partial charge is 2.00 e. The van der Waals surface area contributed by atoms with Gasteiger partial charge in [-0.2, -0.15) is 15.6 Å². The van der Waals surface area contributed by atoms with Crippen molar-refractivity contribution >= 4 is 98.7 Å². The van der Waals surface area contributed by atoms with E-state index in [1.807, 2.05) is 6.07 Å². The zero-order valence-corrected chi connectivity index (χ0v) is 18.2. The van der Waals surface area contributed by atoms with Crippen molar-refractivity contribution in [3.8, 4) is 0 Å². The third kappa shape index (κ3) is 60.9. The van der Waals surface area contributed by atoms with E-state index >= 15 is 0 Å². The van der Waals surface area contributed by atoms with Gasteiger partial charge in [0.2, 0.25) is 0 Å². The van der Waals surface area contributed by atoms with E-state index in [4.69, 9.17) is 38.5 Å². The van der Waals surface area contributed by atoms with Gasteiger partial charge in [-0.15, -0.1) is 0 Å². The Balaban J connectivity index is -0.0000000595. The Morgan fingerprint density at radius 1 is 0.762 bits per heavy atom. The van der Waals surface area contributed by atoms with Crippen molar-refractivity contribution in [3.63, 3.8) is 0 Å². The molecule has 0 saturated heterocycles. The average molecular weight is 387 g/mol. The van der Waals surface area contributed by atoms with E-state index in [1.54, 1.807) is 0 Å². The Bertz CT molecular complexity index is 372. The molecule has 0 spiro atoms. The number of phosphoric acid groups is 2. The van der Waals surface area contributed by atoms with E-state index in [0.717, 1.165) is 8.58 Å². The van der Waals surface area contributed by atoms with Crippen LogP contribution in [0.3, 0.4) is 0 Å². The van der Waals surface area contributed by atoms with Gasteiger partial charge in [0.15, 0.2) is 0 Å². The van der Waals surface area contributed by atoms with Crippen LogP contribution in [-0.2, 0) is 9.13 Å². The predicted octanol–water partition coefficient (Wildman–Crippen LogP) is -5.17. The van der Waals surface area contributed by atoms with Gasteiger partial charge in [0.1, 0.15) is 0 Å². The number of rotatable bonds is 1. The standard InChI is InChI=1S/C7H9P.3Mg.2H3O4P/c1-8-7-5-3-2-4-6-7;;;;2*1-5(2,3)4/h2-6,8H,1H3;;;;2*(H3,1,2,3,4)/q;3*+2;;/p-6. The molecule has 21 heavy (non-hydrogen) atoms.